The van der Waals surface area contributed by atoms with E-state index in [1.807, 2.05) is 12.1 Å². The Labute approximate surface area is 95.5 Å². The van der Waals surface area contributed by atoms with Gasteiger partial charge in [0, 0.05) is 5.56 Å². The van der Waals surface area contributed by atoms with Crippen molar-refractivity contribution in [2.24, 2.45) is 0 Å². The van der Waals surface area contributed by atoms with E-state index in [2.05, 4.69) is 32.0 Å². The molecule has 0 aliphatic carbocycles. The fourth-order valence-corrected chi connectivity index (χ4v) is 1.72. The maximum absolute atomic E-state index is 9.41. The van der Waals surface area contributed by atoms with Gasteiger partial charge in [-0.3, -0.25) is 0 Å². The van der Waals surface area contributed by atoms with Crippen molar-refractivity contribution in [1.82, 2.24) is 0 Å². The van der Waals surface area contributed by atoms with Gasteiger partial charge in [0.25, 0.3) is 0 Å². The molecule has 0 saturated carbocycles. The lowest BCUT2D eigenvalue weighted by atomic mass is 10.0. The van der Waals surface area contributed by atoms with Gasteiger partial charge in [0.1, 0.15) is 17.6 Å². The summed E-state index contributed by atoms with van der Waals surface area (Å²) in [7, 11) is 0. The van der Waals surface area contributed by atoms with E-state index in [9.17, 15) is 5.11 Å². The van der Waals surface area contributed by atoms with Crippen LogP contribution in [-0.4, -0.2) is 5.11 Å². The molecule has 84 valence electrons. The number of benzene rings is 1. The molecular weight excluding hydrogens is 200 g/mol. The Morgan fingerprint density at radius 3 is 2.50 bits per heavy atom. The molecule has 1 atom stereocenters. The molecule has 1 aromatic carbocycles. The van der Waals surface area contributed by atoms with Gasteiger partial charge in [0.15, 0.2) is 0 Å². The molecule has 0 saturated heterocycles. The second-order valence-electron chi connectivity index (χ2n) is 4.20. The molecule has 0 bridgehead atoms. The average Bonchev–Trinajstić information content (AvgIpc) is 2.70. The number of hydrogen-bond donors (Lipinski definition) is 1. The van der Waals surface area contributed by atoms with Crippen LogP contribution < -0.4 is 0 Å². The molecule has 0 aliphatic rings. The van der Waals surface area contributed by atoms with Crippen LogP contribution in [-0.2, 0) is 0 Å². The van der Waals surface area contributed by atoms with Crippen molar-refractivity contribution >= 4 is 0 Å². The van der Waals surface area contributed by atoms with Gasteiger partial charge in [-0.25, -0.2) is 0 Å². The molecule has 0 fully saturated rings. The van der Waals surface area contributed by atoms with Crippen LogP contribution in [0.2, 0.25) is 0 Å². The maximum atomic E-state index is 9.41. The second-order valence-corrected chi connectivity index (χ2v) is 4.20. The first-order valence-corrected chi connectivity index (χ1v) is 5.43. The van der Waals surface area contributed by atoms with Crippen molar-refractivity contribution in [1.29, 1.82) is 0 Å². The Kier molecular flexibility index (Phi) is 2.84. The zero-order valence-electron chi connectivity index (χ0n) is 9.82. The van der Waals surface area contributed by atoms with Crippen LogP contribution in [0.5, 0.6) is 0 Å². The van der Waals surface area contributed by atoms with Crippen LogP contribution in [0.1, 0.15) is 29.9 Å². The minimum atomic E-state index is -0.557. The summed E-state index contributed by atoms with van der Waals surface area (Å²) in [5.41, 5.74) is 3.47. The highest BCUT2D eigenvalue weighted by atomic mass is 16.4. The molecule has 1 unspecified atom stereocenters. The molecule has 1 heterocycles. The predicted molar refractivity (Wildman–Crippen MR) is 64.3 cm³/mol. The molecule has 0 aliphatic heterocycles. The van der Waals surface area contributed by atoms with E-state index in [4.69, 9.17) is 4.42 Å². The van der Waals surface area contributed by atoms with E-state index in [1.165, 1.54) is 11.1 Å². The fraction of sp³-hybridized carbons (Fsp3) is 0.286. The van der Waals surface area contributed by atoms with Crippen LogP contribution in [0.4, 0.5) is 0 Å². The van der Waals surface area contributed by atoms with Gasteiger partial charge >= 0.3 is 0 Å². The van der Waals surface area contributed by atoms with Gasteiger partial charge in [-0.15, -0.1) is 0 Å². The highest BCUT2D eigenvalue weighted by molar-refractivity contribution is 5.63. The quantitative estimate of drug-likeness (QED) is 0.831. The third kappa shape index (κ3) is 2.02. The van der Waals surface area contributed by atoms with E-state index in [-0.39, 0.29) is 0 Å². The van der Waals surface area contributed by atoms with Crippen molar-refractivity contribution in [3.05, 3.63) is 47.2 Å². The first-order chi connectivity index (χ1) is 7.58. The topological polar surface area (TPSA) is 33.4 Å². The minimum absolute atomic E-state index is 0.557. The van der Waals surface area contributed by atoms with Crippen molar-refractivity contribution in [2.75, 3.05) is 0 Å². The average molecular weight is 216 g/mol. The van der Waals surface area contributed by atoms with E-state index in [0.29, 0.717) is 5.76 Å². The Hall–Kier alpha value is -1.54. The summed E-state index contributed by atoms with van der Waals surface area (Å²) < 4.78 is 5.62. The van der Waals surface area contributed by atoms with Crippen molar-refractivity contribution < 1.29 is 9.52 Å². The minimum Gasteiger partial charge on any atom is -0.458 e. The third-order valence-corrected chi connectivity index (χ3v) is 2.70. The van der Waals surface area contributed by atoms with Crippen LogP contribution in [0.25, 0.3) is 11.3 Å². The van der Waals surface area contributed by atoms with Crippen molar-refractivity contribution in [3.8, 4) is 11.3 Å². The monoisotopic (exact) mass is 216 g/mol. The molecule has 2 aromatic rings. The third-order valence-electron chi connectivity index (χ3n) is 2.70. The Morgan fingerprint density at radius 1 is 1.12 bits per heavy atom. The first kappa shape index (κ1) is 11.0. The van der Waals surface area contributed by atoms with Crippen LogP contribution in [0, 0.1) is 13.8 Å². The normalized spacial score (nSPS) is 12.8. The summed E-state index contributed by atoms with van der Waals surface area (Å²) in [6.45, 7) is 5.81. The molecule has 0 spiro atoms. The van der Waals surface area contributed by atoms with Crippen LogP contribution in [0.3, 0.4) is 0 Å². The second kappa shape index (κ2) is 4.14. The molecule has 16 heavy (non-hydrogen) atoms. The summed E-state index contributed by atoms with van der Waals surface area (Å²) >= 11 is 0. The lowest BCUT2D eigenvalue weighted by Gasteiger charge is -2.04. The van der Waals surface area contributed by atoms with E-state index in [0.717, 1.165) is 11.3 Å². The molecular formula is C14H16O2. The van der Waals surface area contributed by atoms with Gasteiger partial charge in [-0.2, -0.15) is 0 Å². The number of aliphatic hydroxyl groups is 1. The number of aryl methyl sites for hydroxylation is 2. The SMILES string of the molecule is Cc1ccc(C)c(-c2ccc(C(C)O)o2)c1. The smallest absolute Gasteiger partial charge is 0.134 e. The van der Waals surface area contributed by atoms with E-state index in [1.54, 1.807) is 6.92 Å². The van der Waals surface area contributed by atoms with Gasteiger partial charge in [-0.05, 0) is 44.5 Å². The van der Waals surface area contributed by atoms with Crippen LogP contribution in [0.15, 0.2) is 34.7 Å². The molecule has 0 amide bonds. The molecule has 1 aromatic heterocycles. The summed E-state index contributed by atoms with van der Waals surface area (Å²) in [6, 6.07) is 9.98. The summed E-state index contributed by atoms with van der Waals surface area (Å²) in [5.74, 6) is 1.42. The van der Waals surface area contributed by atoms with Gasteiger partial charge in [0.05, 0.1) is 0 Å². The fourth-order valence-electron chi connectivity index (χ4n) is 1.72. The number of furan rings is 1. The zero-order chi connectivity index (χ0) is 11.7. The van der Waals surface area contributed by atoms with Crippen LogP contribution >= 0.6 is 0 Å². The standard InChI is InChI=1S/C14H16O2/c1-9-4-5-10(2)12(8-9)14-7-6-13(16-14)11(3)15/h4-8,11,15H,1-3H3. The zero-order valence-corrected chi connectivity index (χ0v) is 9.82. The summed E-state index contributed by atoms with van der Waals surface area (Å²) in [5, 5.41) is 9.41. The maximum Gasteiger partial charge on any atom is 0.134 e. The molecule has 2 rings (SSSR count). The Bertz CT molecular complexity index is 495. The van der Waals surface area contributed by atoms with Crippen molar-refractivity contribution in [2.45, 2.75) is 26.9 Å². The van der Waals surface area contributed by atoms with Crippen molar-refractivity contribution in [3.63, 3.8) is 0 Å². The highest BCUT2D eigenvalue weighted by Crippen LogP contribution is 2.28. The van der Waals surface area contributed by atoms with Gasteiger partial charge in [0.2, 0.25) is 0 Å². The molecule has 2 heteroatoms. The number of hydrogen-bond acceptors (Lipinski definition) is 2. The Morgan fingerprint density at radius 2 is 1.88 bits per heavy atom. The summed E-state index contributed by atoms with van der Waals surface area (Å²) in [6.07, 6.45) is -0.557. The molecule has 2 nitrogen and oxygen atoms in total. The lowest BCUT2D eigenvalue weighted by molar-refractivity contribution is 0.170. The largest absolute Gasteiger partial charge is 0.458 e. The highest BCUT2D eigenvalue weighted by Gasteiger charge is 2.10. The van der Waals surface area contributed by atoms with Gasteiger partial charge < -0.3 is 9.52 Å². The molecule has 1 N–H and O–H groups in total. The Balaban J connectivity index is 2.46. The molecule has 0 radical (unpaired) electrons. The predicted octanol–water partition coefficient (Wildman–Crippen LogP) is 3.62. The number of rotatable bonds is 2. The van der Waals surface area contributed by atoms with Gasteiger partial charge in [-0.1, -0.05) is 17.7 Å². The van der Waals surface area contributed by atoms with E-state index < -0.39 is 6.10 Å². The lowest BCUT2D eigenvalue weighted by Crippen LogP contribution is -1.86. The summed E-state index contributed by atoms with van der Waals surface area (Å²) in [4.78, 5) is 0. The van der Waals surface area contributed by atoms with E-state index >= 15 is 0 Å². The number of aliphatic hydroxyl groups excluding tert-OH is 1. The first-order valence-electron chi connectivity index (χ1n) is 5.43.